The molecule has 0 aromatic heterocycles. The van der Waals surface area contributed by atoms with E-state index in [4.69, 9.17) is 4.74 Å². The van der Waals surface area contributed by atoms with E-state index < -0.39 is 5.60 Å². The van der Waals surface area contributed by atoms with Gasteiger partial charge in [0.25, 0.3) is 0 Å². The number of nitrogens with one attached hydrogen (secondary N) is 1. The molecule has 6 heteroatoms. The fourth-order valence-electron chi connectivity index (χ4n) is 4.01. The van der Waals surface area contributed by atoms with Crippen LogP contribution < -0.4 is 10.1 Å². The van der Waals surface area contributed by atoms with Crippen molar-refractivity contribution < 1.29 is 14.6 Å². The van der Waals surface area contributed by atoms with Crippen LogP contribution in [-0.2, 0) is 12.1 Å². The minimum atomic E-state index is -1.00. The summed E-state index contributed by atoms with van der Waals surface area (Å²) in [6, 6.07) is 17.4. The largest absolute Gasteiger partial charge is 0.497 e. The molecule has 0 aliphatic carbocycles. The number of hydrogen-bond donors (Lipinski definition) is 2. The van der Waals surface area contributed by atoms with E-state index in [-0.39, 0.29) is 11.9 Å². The molecule has 2 amide bonds. The molecule has 156 valence electrons. The van der Waals surface area contributed by atoms with Crippen LogP contribution in [-0.4, -0.2) is 61.8 Å². The Kier molecular flexibility index (Phi) is 6.77. The Morgan fingerprint density at radius 1 is 1.24 bits per heavy atom. The summed E-state index contributed by atoms with van der Waals surface area (Å²) < 4.78 is 5.34. The zero-order valence-electron chi connectivity index (χ0n) is 17.5. The standard InChI is InChI=1S/C23H31N3O3/c1-25(2)16-20-17-26(22(27)24-15-18-8-5-4-6-9-18)13-12-23(20,28)19-10-7-11-21(14-19)29-3/h4-11,14,20,28H,12-13,15-17H2,1-3H3,(H,24,27). The molecule has 1 heterocycles. The molecule has 2 atom stereocenters. The van der Waals surface area contributed by atoms with E-state index in [2.05, 4.69) is 10.2 Å². The first-order valence-corrected chi connectivity index (χ1v) is 10.0. The summed E-state index contributed by atoms with van der Waals surface area (Å²) >= 11 is 0. The van der Waals surface area contributed by atoms with Crippen molar-refractivity contribution in [1.29, 1.82) is 0 Å². The quantitative estimate of drug-likeness (QED) is 0.787. The summed E-state index contributed by atoms with van der Waals surface area (Å²) in [5.41, 5.74) is 0.901. The van der Waals surface area contributed by atoms with E-state index >= 15 is 0 Å². The molecule has 6 nitrogen and oxygen atoms in total. The minimum absolute atomic E-state index is 0.0923. The highest BCUT2D eigenvalue weighted by molar-refractivity contribution is 5.74. The number of aliphatic hydroxyl groups is 1. The maximum Gasteiger partial charge on any atom is 0.317 e. The van der Waals surface area contributed by atoms with Crippen molar-refractivity contribution in [2.24, 2.45) is 5.92 Å². The summed E-state index contributed by atoms with van der Waals surface area (Å²) in [5, 5.41) is 14.6. The lowest BCUT2D eigenvalue weighted by Gasteiger charge is -2.45. The molecule has 1 aliphatic rings. The third-order valence-corrected chi connectivity index (χ3v) is 5.61. The van der Waals surface area contributed by atoms with Crippen LogP contribution in [0.5, 0.6) is 5.75 Å². The number of carbonyl (C=O) groups is 1. The smallest absolute Gasteiger partial charge is 0.317 e. The van der Waals surface area contributed by atoms with Crippen LogP contribution in [0.1, 0.15) is 17.5 Å². The number of likely N-dealkylation sites (tertiary alicyclic amines) is 1. The topological polar surface area (TPSA) is 65.0 Å². The van der Waals surface area contributed by atoms with Crippen LogP contribution in [0.2, 0.25) is 0 Å². The summed E-state index contributed by atoms with van der Waals surface area (Å²) in [4.78, 5) is 16.6. The lowest BCUT2D eigenvalue weighted by molar-refractivity contribution is -0.0758. The number of amides is 2. The monoisotopic (exact) mass is 397 g/mol. The molecule has 3 rings (SSSR count). The fourth-order valence-corrected chi connectivity index (χ4v) is 4.01. The van der Waals surface area contributed by atoms with Gasteiger partial charge in [-0.25, -0.2) is 4.79 Å². The van der Waals surface area contributed by atoms with Gasteiger partial charge in [-0.3, -0.25) is 0 Å². The number of urea groups is 1. The van der Waals surface area contributed by atoms with E-state index in [9.17, 15) is 9.90 Å². The molecule has 0 bridgehead atoms. The van der Waals surface area contributed by atoms with Crippen LogP contribution in [0.15, 0.2) is 54.6 Å². The second-order valence-corrected chi connectivity index (χ2v) is 7.96. The molecule has 29 heavy (non-hydrogen) atoms. The SMILES string of the molecule is COc1cccc(C2(O)CCN(C(=O)NCc3ccccc3)CC2CN(C)C)c1. The Morgan fingerprint density at radius 2 is 2.00 bits per heavy atom. The van der Waals surface area contributed by atoms with Crippen molar-refractivity contribution in [3.05, 3.63) is 65.7 Å². The van der Waals surface area contributed by atoms with Crippen molar-refractivity contribution in [2.45, 2.75) is 18.6 Å². The molecular weight excluding hydrogens is 366 g/mol. The zero-order chi connectivity index (χ0) is 20.9. The second-order valence-electron chi connectivity index (χ2n) is 7.96. The van der Waals surface area contributed by atoms with E-state index in [1.807, 2.05) is 73.6 Å². The number of hydrogen-bond acceptors (Lipinski definition) is 4. The highest BCUT2D eigenvalue weighted by atomic mass is 16.5. The second kappa shape index (κ2) is 9.29. The van der Waals surface area contributed by atoms with Crippen LogP contribution in [0.4, 0.5) is 4.79 Å². The van der Waals surface area contributed by atoms with Crippen LogP contribution in [0.3, 0.4) is 0 Å². The number of ether oxygens (including phenoxy) is 1. The van der Waals surface area contributed by atoms with E-state index in [0.29, 0.717) is 32.6 Å². The molecule has 0 radical (unpaired) electrons. The molecule has 2 aromatic carbocycles. The first kappa shape index (κ1) is 21.1. The van der Waals surface area contributed by atoms with E-state index in [1.165, 1.54) is 0 Å². The molecule has 0 saturated carbocycles. The normalized spacial score (nSPS) is 21.8. The van der Waals surface area contributed by atoms with Gasteiger partial charge >= 0.3 is 6.03 Å². The van der Waals surface area contributed by atoms with E-state index in [1.54, 1.807) is 7.11 Å². The molecule has 0 spiro atoms. The first-order valence-electron chi connectivity index (χ1n) is 10.0. The zero-order valence-corrected chi connectivity index (χ0v) is 17.5. The maximum absolute atomic E-state index is 12.8. The lowest BCUT2D eigenvalue weighted by atomic mass is 9.75. The van der Waals surface area contributed by atoms with Crippen LogP contribution in [0.25, 0.3) is 0 Å². The number of benzene rings is 2. The molecule has 2 unspecified atom stereocenters. The van der Waals surface area contributed by atoms with Gasteiger partial charge in [0.05, 0.1) is 12.7 Å². The van der Waals surface area contributed by atoms with Crippen molar-refractivity contribution in [1.82, 2.24) is 15.1 Å². The highest BCUT2D eigenvalue weighted by Gasteiger charge is 2.44. The average Bonchev–Trinajstić information content (AvgIpc) is 2.74. The van der Waals surface area contributed by atoms with Crippen molar-refractivity contribution >= 4 is 6.03 Å². The summed E-state index contributed by atoms with van der Waals surface area (Å²) in [6.07, 6.45) is 0.484. The Bertz CT molecular complexity index is 812. The third kappa shape index (κ3) is 5.08. The van der Waals surface area contributed by atoms with Crippen molar-refractivity contribution in [2.75, 3.05) is 40.8 Å². The molecule has 2 aromatic rings. The first-order chi connectivity index (χ1) is 13.9. The van der Waals surface area contributed by atoms with Gasteiger partial charge in [-0.05, 0) is 43.8 Å². The fraction of sp³-hybridized carbons (Fsp3) is 0.435. The van der Waals surface area contributed by atoms with Gasteiger partial charge < -0.3 is 25.0 Å². The Labute approximate surface area is 173 Å². The van der Waals surface area contributed by atoms with Gasteiger partial charge in [0.1, 0.15) is 5.75 Å². The Hall–Kier alpha value is -2.57. The molecule has 2 N–H and O–H groups in total. The van der Waals surface area contributed by atoms with Gasteiger partial charge in [0.15, 0.2) is 0 Å². The van der Waals surface area contributed by atoms with Crippen LogP contribution in [0, 0.1) is 5.92 Å². The number of piperidine rings is 1. The lowest BCUT2D eigenvalue weighted by Crippen LogP contribution is -2.56. The van der Waals surface area contributed by atoms with Crippen molar-refractivity contribution in [3.8, 4) is 5.75 Å². The average molecular weight is 398 g/mol. The summed E-state index contributed by atoms with van der Waals surface area (Å²) in [7, 11) is 5.60. The Balaban J connectivity index is 1.73. The van der Waals surface area contributed by atoms with Crippen LogP contribution >= 0.6 is 0 Å². The summed E-state index contributed by atoms with van der Waals surface area (Å²) in [5.74, 6) is 0.614. The van der Waals surface area contributed by atoms with Crippen molar-refractivity contribution in [3.63, 3.8) is 0 Å². The molecular formula is C23H31N3O3. The predicted octanol–water partition coefficient (Wildman–Crippen LogP) is 2.68. The number of nitrogens with zero attached hydrogens (tertiary/aromatic N) is 2. The number of rotatable bonds is 6. The number of carbonyl (C=O) groups excluding carboxylic acids is 1. The van der Waals surface area contributed by atoms with Gasteiger partial charge in [-0.2, -0.15) is 0 Å². The van der Waals surface area contributed by atoms with Gasteiger partial charge in [-0.1, -0.05) is 42.5 Å². The van der Waals surface area contributed by atoms with Gasteiger partial charge in [0.2, 0.25) is 0 Å². The predicted molar refractivity (Wildman–Crippen MR) is 114 cm³/mol. The maximum atomic E-state index is 12.8. The third-order valence-electron chi connectivity index (χ3n) is 5.61. The Morgan fingerprint density at radius 3 is 2.69 bits per heavy atom. The van der Waals surface area contributed by atoms with Gasteiger partial charge in [-0.15, -0.1) is 0 Å². The summed E-state index contributed by atoms with van der Waals surface area (Å²) in [6.45, 7) is 2.16. The highest BCUT2D eigenvalue weighted by Crippen LogP contribution is 2.39. The van der Waals surface area contributed by atoms with E-state index in [0.717, 1.165) is 16.9 Å². The molecule has 1 saturated heterocycles. The molecule has 1 aliphatic heterocycles. The number of methoxy groups -OCH3 is 1. The molecule has 1 fully saturated rings. The minimum Gasteiger partial charge on any atom is -0.497 e. The van der Waals surface area contributed by atoms with Gasteiger partial charge in [0, 0.05) is 32.1 Å².